The zero-order chi connectivity index (χ0) is 14.7. The summed E-state index contributed by atoms with van der Waals surface area (Å²) >= 11 is 3.54. The topological polar surface area (TPSA) is 55.1 Å². The largest absolute Gasteiger partial charge is 0.481 e. The van der Waals surface area contributed by atoms with Gasteiger partial charge in [0.15, 0.2) is 0 Å². The molecule has 1 aromatic carbocycles. The molecule has 0 fully saturated rings. The summed E-state index contributed by atoms with van der Waals surface area (Å²) in [4.78, 5) is 15.3. The number of hydrogen-bond acceptors (Lipinski definition) is 2. The Bertz CT molecular complexity index is 635. The highest BCUT2D eigenvalue weighted by molar-refractivity contribution is 9.10. The quantitative estimate of drug-likeness (QED) is 0.912. The van der Waals surface area contributed by atoms with Crippen LogP contribution in [0.1, 0.15) is 29.2 Å². The third-order valence-corrected chi connectivity index (χ3v) is 4.22. The maximum atomic E-state index is 10.7. The van der Waals surface area contributed by atoms with Gasteiger partial charge in [0, 0.05) is 30.1 Å². The van der Waals surface area contributed by atoms with E-state index in [2.05, 4.69) is 27.0 Å². The van der Waals surface area contributed by atoms with Crippen molar-refractivity contribution in [3.05, 3.63) is 51.5 Å². The number of imidazole rings is 1. The van der Waals surface area contributed by atoms with Crippen molar-refractivity contribution in [3.8, 4) is 0 Å². The zero-order valence-corrected chi connectivity index (χ0v) is 13.1. The summed E-state index contributed by atoms with van der Waals surface area (Å²) in [5.41, 5.74) is 3.26. The van der Waals surface area contributed by atoms with Crippen molar-refractivity contribution in [2.45, 2.75) is 26.2 Å². The first-order chi connectivity index (χ1) is 9.49. The number of aromatic nitrogens is 2. The molecule has 0 radical (unpaired) electrons. The van der Waals surface area contributed by atoms with Gasteiger partial charge < -0.3 is 9.67 Å². The van der Waals surface area contributed by atoms with Crippen molar-refractivity contribution in [1.29, 1.82) is 0 Å². The lowest BCUT2D eigenvalue weighted by molar-refractivity contribution is -0.137. The Morgan fingerprint density at radius 3 is 2.75 bits per heavy atom. The van der Waals surface area contributed by atoms with Crippen LogP contribution in [0.15, 0.2) is 28.7 Å². The number of carboxylic acids is 1. The van der Waals surface area contributed by atoms with Crippen molar-refractivity contribution in [2.24, 2.45) is 7.05 Å². The highest BCUT2D eigenvalue weighted by atomic mass is 79.9. The third kappa shape index (κ3) is 3.28. The van der Waals surface area contributed by atoms with E-state index >= 15 is 0 Å². The van der Waals surface area contributed by atoms with Crippen LogP contribution in [0.5, 0.6) is 0 Å². The summed E-state index contributed by atoms with van der Waals surface area (Å²) in [5, 5.41) is 8.77. The molecule has 0 amide bonds. The van der Waals surface area contributed by atoms with Crippen LogP contribution in [-0.4, -0.2) is 20.6 Å². The maximum Gasteiger partial charge on any atom is 0.303 e. The minimum atomic E-state index is -0.794. The molecule has 1 heterocycles. The van der Waals surface area contributed by atoms with Gasteiger partial charge in [-0.05, 0) is 18.6 Å². The smallest absolute Gasteiger partial charge is 0.303 e. The molecule has 2 rings (SSSR count). The monoisotopic (exact) mass is 336 g/mol. The lowest BCUT2D eigenvalue weighted by atomic mass is 10.1. The van der Waals surface area contributed by atoms with E-state index in [-0.39, 0.29) is 6.42 Å². The Kier molecular flexibility index (Phi) is 4.60. The Hall–Kier alpha value is -1.62. The molecule has 0 bridgehead atoms. The van der Waals surface area contributed by atoms with E-state index in [1.54, 1.807) is 0 Å². The molecule has 4 nitrogen and oxygen atoms in total. The van der Waals surface area contributed by atoms with Gasteiger partial charge in [0.05, 0.1) is 12.1 Å². The van der Waals surface area contributed by atoms with E-state index in [9.17, 15) is 4.79 Å². The molecule has 1 aromatic heterocycles. The van der Waals surface area contributed by atoms with Crippen molar-refractivity contribution in [2.75, 3.05) is 0 Å². The first-order valence-electron chi connectivity index (χ1n) is 6.45. The molecule has 0 saturated heterocycles. The summed E-state index contributed by atoms with van der Waals surface area (Å²) in [6.45, 7) is 2.02. The van der Waals surface area contributed by atoms with Gasteiger partial charge in [-0.1, -0.05) is 34.1 Å². The maximum absolute atomic E-state index is 10.7. The average Bonchev–Trinajstić information content (AvgIpc) is 2.67. The fourth-order valence-electron chi connectivity index (χ4n) is 2.13. The van der Waals surface area contributed by atoms with Crippen LogP contribution in [0.4, 0.5) is 0 Å². The standard InChI is InChI=1S/C15H17BrN2O2/c1-10-13(9-11-5-3-4-6-12(11)16)17-14(18(10)2)7-8-15(19)20/h3-6H,7-9H2,1-2H3,(H,19,20). The second-order valence-corrected chi connectivity index (χ2v) is 5.64. The second kappa shape index (κ2) is 6.22. The number of rotatable bonds is 5. The van der Waals surface area contributed by atoms with Gasteiger partial charge in [0.2, 0.25) is 0 Å². The molecule has 0 unspecified atom stereocenters. The summed E-state index contributed by atoms with van der Waals surface area (Å²) in [6.07, 6.45) is 1.32. The molecule has 0 aliphatic carbocycles. The molecule has 2 aromatic rings. The molecular weight excluding hydrogens is 320 g/mol. The van der Waals surface area contributed by atoms with Gasteiger partial charge in [-0.3, -0.25) is 4.79 Å². The number of carbonyl (C=O) groups is 1. The average molecular weight is 337 g/mol. The van der Waals surface area contributed by atoms with Gasteiger partial charge in [-0.25, -0.2) is 4.98 Å². The second-order valence-electron chi connectivity index (χ2n) is 4.78. The van der Waals surface area contributed by atoms with E-state index in [0.29, 0.717) is 6.42 Å². The van der Waals surface area contributed by atoms with Gasteiger partial charge in [-0.2, -0.15) is 0 Å². The first kappa shape index (κ1) is 14.8. The summed E-state index contributed by atoms with van der Waals surface area (Å²) < 4.78 is 3.05. The fraction of sp³-hybridized carbons (Fsp3) is 0.333. The molecule has 20 heavy (non-hydrogen) atoms. The lowest BCUT2D eigenvalue weighted by Crippen LogP contribution is -2.03. The van der Waals surface area contributed by atoms with Crippen molar-refractivity contribution < 1.29 is 9.90 Å². The molecule has 0 spiro atoms. The molecule has 1 N–H and O–H groups in total. The summed E-state index contributed by atoms with van der Waals surface area (Å²) in [7, 11) is 1.93. The molecule has 0 aliphatic rings. The van der Waals surface area contributed by atoms with Crippen molar-refractivity contribution in [1.82, 2.24) is 9.55 Å². The summed E-state index contributed by atoms with van der Waals surface area (Å²) in [6, 6.07) is 8.06. The van der Waals surface area contributed by atoms with E-state index in [1.165, 1.54) is 5.56 Å². The predicted molar refractivity (Wildman–Crippen MR) is 80.8 cm³/mol. The SMILES string of the molecule is Cc1c(Cc2ccccc2Br)nc(CCC(=O)O)n1C. The Balaban J connectivity index is 2.23. The van der Waals surface area contributed by atoms with Crippen LogP contribution in [0.2, 0.25) is 0 Å². The molecule has 5 heteroatoms. The number of halogens is 1. The minimum Gasteiger partial charge on any atom is -0.481 e. The van der Waals surface area contributed by atoms with Crippen LogP contribution >= 0.6 is 15.9 Å². The Morgan fingerprint density at radius 2 is 2.10 bits per heavy atom. The van der Waals surface area contributed by atoms with Crippen LogP contribution in [0.3, 0.4) is 0 Å². The van der Waals surface area contributed by atoms with Crippen LogP contribution in [0.25, 0.3) is 0 Å². The number of nitrogens with zero attached hydrogens (tertiary/aromatic N) is 2. The van der Waals surface area contributed by atoms with Crippen LogP contribution in [0, 0.1) is 6.92 Å². The van der Waals surface area contributed by atoms with E-state index in [4.69, 9.17) is 5.11 Å². The van der Waals surface area contributed by atoms with Gasteiger partial charge in [0.25, 0.3) is 0 Å². The lowest BCUT2D eigenvalue weighted by Gasteiger charge is -2.03. The normalized spacial score (nSPS) is 10.8. The number of benzene rings is 1. The molecule has 0 saturated carbocycles. The number of carboxylic acid groups (broad SMARTS) is 1. The van der Waals surface area contributed by atoms with E-state index in [0.717, 1.165) is 28.1 Å². The highest BCUT2D eigenvalue weighted by Gasteiger charge is 2.13. The third-order valence-electron chi connectivity index (χ3n) is 3.45. The molecule has 0 aliphatic heterocycles. The van der Waals surface area contributed by atoms with Crippen LogP contribution < -0.4 is 0 Å². The van der Waals surface area contributed by atoms with Gasteiger partial charge in [-0.15, -0.1) is 0 Å². The Morgan fingerprint density at radius 1 is 1.40 bits per heavy atom. The zero-order valence-electron chi connectivity index (χ0n) is 11.6. The molecule has 106 valence electrons. The highest BCUT2D eigenvalue weighted by Crippen LogP contribution is 2.21. The van der Waals surface area contributed by atoms with Crippen molar-refractivity contribution >= 4 is 21.9 Å². The first-order valence-corrected chi connectivity index (χ1v) is 7.24. The van der Waals surface area contributed by atoms with Gasteiger partial charge >= 0.3 is 5.97 Å². The van der Waals surface area contributed by atoms with Crippen LogP contribution in [-0.2, 0) is 24.7 Å². The predicted octanol–water partition coefficient (Wildman–Crippen LogP) is 3.10. The van der Waals surface area contributed by atoms with E-state index < -0.39 is 5.97 Å². The van der Waals surface area contributed by atoms with Crippen molar-refractivity contribution in [3.63, 3.8) is 0 Å². The molecular formula is C15H17BrN2O2. The van der Waals surface area contributed by atoms with E-state index in [1.807, 2.05) is 36.7 Å². The molecule has 0 atom stereocenters. The minimum absolute atomic E-state index is 0.110. The fourth-order valence-corrected chi connectivity index (χ4v) is 2.56. The Labute approximate surface area is 126 Å². The number of aryl methyl sites for hydroxylation is 1. The summed E-state index contributed by atoms with van der Waals surface area (Å²) in [5.74, 6) is 0.0324. The van der Waals surface area contributed by atoms with Gasteiger partial charge in [0.1, 0.15) is 5.82 Å². The number of aliphatic carboxylic acids is 1. The number of hydrogen-bond donors (Lipinski definition) is 1.